The van der Waals surface area contributed by atoms with Crippen LogP contribution >= 0.6 is 0 Å². The number of fused-ring (bicyclic) bond motifs is 1. The number of rotatable bonds is 4. The van der Waals surface area contributed by atoms with Gasteiger partial charge in [0.25, 0.3) is 17.3 Å². The van der Waals surface area contributed by atoms with E-state index in [-0.39, 0.29) is 12.1 Å². The smallest absolute Gasteiger partial charge is 0.416 e. The van der Waals surface area contributed by atoms with Crippen LogP contribution in [0, 0.1) is 20.2 Å². The highest BCUT2D eigenvalue weighted by Crippen LogP contribution is 2.44. The number of carbonyl (C=O) groups excluding carboxylic acids is 1. The minimum absolute atomic E-state index is 0.200. The number of benzene rings is 2. The van der Waals surface area contributed by atoms with Gasteiger partial charge >= 0.3 is 12.4 Å². The molecule has 0 fully saturated rings. The minimum Gasteiger partial charge on any atom is -0.494 e. The van der Waals surface area contributed by atoms with E-state index in [1.54, 1.807) is 0 Å². The lowest BCUT2D eigenvalue weighted by atomic mass is 9.97. The first-order chi connectivity index (χ1) is 16.6. The first-order valence-corrected chi connectivity index (χ1v) is 9.41. The van der Waals surface area contributed by atoms with Gasteiger partial charge in [-0.1, -0.05) is 0 Å². The molecule has 186 valence electrons. The second-order valence-electron chi connectivity index (χ2n) is 7.34. The number of aliphatic imine (C=N–C) groups is 1. The molecule has 0 spiro atoms. The normalized spacial score (nSPS) is 13.5. The van der Waals surface area contributed by atoms with Crippen LogP contribution in [0.2, 0.25) is 0 Å². The fraction of sp³-hybridized carbons (Fsp3) is 0.100. The molecule has 2 heterocycles. The van der Waals surface area contributed by atoms with E-state index in [1.165, 1.54) is 0 Å². The number of amides is 1. The Balaban J connectivity index is 1.92. The van der Waals surface area contributed by atoms with Gasteiger partial charge in [-0.25, -0.2) is 4.99 Å². The van der Waals surface area contributed by atoms with Crippen molar-refractivity contribution in [2.45, 2.75) is 12.4 Å². The number of hydrogen-bond acceptors (Lipinski definition) is 6. The molecule has 3 aromatic rings. The molecule has 0 unspecified atom stereocenters. The maximum atomic E-state index is 13.0. The van der Waals surface area contributed by atoms with E-state index in [1.807, 2.05) is 0 Å². The van der Waals surface area contributed by atoms with E-state index in [2.05, 4.69) is 9.98 Å². The topological polar surface area (TPSA) is 152 Å². The minimum atomic E-state index is -4.94. The standard InChI is InChI=1S/C20H8F6N4O6/c21-19(22,23)7-1-3-9(11(5-7)29(33)34)15-13-14(18(32)27-15)16(28-17(13)31)10-4-2-8(20(24,25)26)6-12(10)30(35)36/h1-6,27,32H. The summed E-state index contributed by atoms with van der Waals surface area (Å²) in [5, 5.41) is 33.3. The number of alkyl halides is 6. The molecule has 1 aliphatic rings. The fourth-order valence-electron chi connectivity index (χ4n) is 3.67. The quantitative estimate of drug-likeness (QED) is 0.276. The molecule has 0 radical (unpaired) electrons. The van der Waals surface area contributed by atoms with E-state index >= 15 is 0 Å². The third kappa shape index (κ3) is 3.91. The Morgan fingerprint density at radius 1 is 0.806 bits per heavy atom. The maximum absolute atomic E-state index is 13.0. The molecule has 2 N–H and O–H groups in total. The summed E-state index contributed by atoms with van der Waals surface area (Å²) in [6.45, 7) is 0. The van der Waals surface area contributed by atoms with E-state index in [9.17, 15) is 56.5 Å². The first-order valence-electron chi connectivity index (χ1n) is 9.41. The number of nitrogens with zero attached hydrogens (tertiary/aromatic N) is 3. The maximum Gasteiger partial charge on any atom is 0.416 e. The van der Waals surface area contributed by atoms with Gasteiger partial charge in [0.2, 0.25) is 0 Å². The summed E-state index contributed by atoms with van der Waals surface area (Å²) in [7, 11) is 0. The lowest BCUT2D eigenvalue weighted by Crippen LogP contribution is -2.10. The van der Waals surface area contributed by atoms with Crippen LogP contribution in [-0.2, 0) is 12.4 Å². The van der Waals surface area contributed by atoms with Gasteiger partial charge in [0.15, 0.2) is 5.88 Å². The van der Waals surface area contributed by atoms with Crippen molar-refractivity contribution in [1.82, 2.24) is 4.98 Å². The van der Waals surface area contributed by atoms with Crippen molar-refractivity contribution in [2.24, 2.45) is 4.99 Å². The summed E-state index contributed by atoms with van der Waals surface area (Å²) in [4.78, 5) is 39.0. The third-order valence-electron chi connectivity index (χ3n) is 5.21. The molecular formula is C20H8F6N4O6. The van der Waals surface area contributed by atoms with Crippen molar-refractivity contribution >= 4 is 23.0 Å². The summed E-state index contributed by atoms with van der Waals surface area (Å²) in [5.41, 5.74) is -8.27. The number of aromatic amines is 1. The number of aromatic hydroxyl groups is 1. The van der Waals surface area contributed by atoms with E-state index in [0.717, 1.165) is 0 Å². The first kappa shape index (κ1) is 24.4. The molecule has 0 aliphatic carbocycles. The fourth-order valence-corrected chi connectivity index (χ4v) is 3.67. The van der Waals surface area contributed by atoms with Crippen LogP contribution in [0.25, 0.3) is 11.3 Å². The van der Waals surface area contributed by atoms with Crippen molar-refractivity contribution in [3.8, 4) is 17.1 Å². The van der Waals surface area contributed by atoms with Crippen LogP contribution in [0.3, 0.4) is 0 Å². The van der Waals surface area contributed by atoms with Gasteiger partial charge in [-0.2, -0.15) is 26.3 Å². The summed E-state index contributed by atoms with van der Waals surface area (Å²) < 4.78 is 78.2. The number of aromatic nitrogens is 1. The van der Waals surface area contributed by atoms with Gasteiger partial charge in [-0.15, -0.1) is 0 Å². The predicted octanol–water partition coefficient (Wildman–Crippen LogP) is 5.23. The van der Waals surface area contributed by atoms with Crippen LogP contribution in [0.5, 0.6) is 5.88 Å². The van der Waals surface area contributed by atoms with Gasteiger partial charge in [0.1, 0.15) is 0 Å². The van der Waals surface area contributed by atoms with E-state index < -0.39 is 90.1 Å². The Morgan fingerprint density at radius 2 is 1.28 bits per heavy atom. The largest absolute Gasteiger partial charge is 0.494 e. The molecular weight excluding hydrogens is 506 g/mol. The second kappa shape index (κ2) is 7.89. The van der Waals surface area contributed by atoms with Crippen molar-refractivity contribution in [3.05, 3.63) is 84.4 Å². The molecule has 10 nitrogen and oxygen atoms in total. The Morgan fingerprint density at radius 3 is 1.75 bits per heavy atom. The lowest BCUT2D eigenvalue weighted by molar-refractivity contribution is -0.385. The second-order valence-corrected chi connectivity index (χ2v) is 7.34. The molecule has 36 heavy (non-hydrogen) atoms. The van der Waals surface area contributed by atoms with Gasteiger partial charge in [-0.3, -0.25) is 25.0 Å². The summed E-state index contributed by atoms with van der Waals surface area (Å²) in [5.74, 6) is -2.09. The van der Waals surface area contributed by atoms with Crippen LogP contribution in [0.4, 0.5) is 37.7 Å². The van der Waals surface area contributed by atoms with Crippen LogP contribution in [0.15, 0.2) is 41.4 Å². The number of H-pyrrole nitrogens is 1. The van der Waals surface area contributed by atoms with Gasteiger partial charge in [0, 0.05) is 12.1 Å². The third-order valence-corrected chi connectivity index (χ3v) is 5.21. The number of nitro groups is 2. The molecule has 16 heteroatoms. The zero-order valence-electron chi connectivity index (χ0n) is 17.1. The van der Waals surface area contributed by atoms with Crippen molar-refractivity contribution < 1.29 is 46.1 Å². The van der Waals surface area contributed by atoms with Crippen molar-refractivity contribution in [3.63, 3.8) is 0 Å². The van der Waals surface area contributed by atoms with Crippen LogP contribution in [0.1, 0.15) is 32.6 Å². The van der Waals surface area contributed by atoms with E-state index in [0.29, 0.717) is 24.3 Å². The Labute approximate surface area is 193 Å². The number of nitro benzene ring substituents is 2. The highest BCUT2D eigenvalue weighted by atomic mass is 19.4. The predicted molar refractivity (Wildman–Crippen MR) is 108 cm³/mol. The summed E-state index contributed by atoms with van der Waals surface area (Å²) in [6.07, 6.45) is -9.87. The molecule has 1 amide bonds. The average molecular weight is 514 g/mol. The average Bonchev–Trinajstić information content (AvgIpc) is 3.29. The number of nitrogens with one attached hydrogen (secondary N) is 1. The molecule has 1 aromatic heterocycles. The molecule has 4 rings (SSSR count). The number of hydrogen-bond donors (Lipinski definition) is 2. The highest BCUT2D eigenvalue weighted by Gasteiger charge is 2.40. The lowest BCUT2D eigenvalue weighted by Gasteiger charge is -2.09. The molecule has 1 aliphatic heterocycles. The molecule has 0 saturated carbocycles. The summed E-state index contributed by atoms with van der Waals surface area (Å²) in [6, 6.07) is 2.73. The molecule has 2 aromatic carbocycles. The van der Waals surface area contributed by atoms with Crippen LogP contribution in [-0.4, -0.2) is 31.6 Å². The molecule has 0 bridgehead atoms. The van der Waals surface area contributed by atoms with Gasteiger partial charge in [-0.05, 0) is 24.3 Å². The monoisotopic (exact) mass is 514 g/mol. The van der Waals surface area contributed by atoms with Crippen molar-refractivity contribution in [1.29, 1.82) is 0 Å². The highest BCUT2D eigenvalue weighted by molar-refractivity contribution is 6.31. The van der Waals surface area contributed by atoms with E-state index in [4.69, 9.17) is 0 Å². The molecule has 0 atom stereocenters. The zero-order valence-corrected chi connectivity index (χ0v) is 17.1. The zero-order chi connectivity index (χ0) is 26.7. The Bertz CT molecular complexity index is 1510. The summed E-state index contributed by atoms with van der Waals surface area (Å²) >= 11 is 0. The van der Waals surface area contributed by atoms with Gasteiger partial charge < -0.3 is 10.1 Å². The molecule has 0 saturated heterocycles. The van der Waals surface area contributed by atoms with Crippen LogP contribution < -0.4 is 0 Å². The number of halogens is 6. The number of carbonyl (C=O) groups is 1. The van der Waals surface area contributed by atoms with Crippen molar-refractivity contribution in [2.75, 3.05) is 0 Å². The van der Waals surface area contributed by atoms with Gasteiger partial charge in [0.05, 0.1) is 54.6 Å². The SMILES string of the molecule is O=C1N=C(c2ccc(C(F)(F)F)cc2[N+](=O)[O-])c2c(O)[nH]c(-c3ccc(C(F)(F)F)cc3[N+](=O)[O-])c21. The Hall–Kier alpha value is -4.76. The Kier molecular flexibility index (Phi) is 5.34.